The highest BCUT2D eigenvalue weighted by molar-refractivity contribution is 4.77. The first-order valence-electron chi connectivity index (χ1n) is 6.22. The SMILES string of the molecule is CCNC1CCN(CC(C)CC)CC1. The van der Waals surface area contributed by atoms with Crippen LogP contribution in [0.3, 0.4) is 0 Å². The van der Waals surface area contributed by atoms with E-state index in [-0.39, 0.29) is 0 Å². The molecule has 0 aliphatic carbocycles. The molecule has 1 rings (SSSR count). The molecule has 0 bridgehead atoms. The summed E-state index contributed by atoms with van der Waals surface area (Å²) in [6.45, 7) is 11.9. The molecular weight excluding hydrogens is 172 g/mol. The van der Waals surface area contributed by atoms with Crippen LogP contribution in [-0.4, -0.2) is 37.1 Å². The van der Waals surface area contributed by atoms with Crippen molar-refractivity contribution in [3.63, 3.8) is 0 Å². The molecule has 14 heavy (non-hydrogen) atoms. The smallest absolute Gasteiger partial charge is 0.00912 e. The van der Waals surface area contributed by atoms with Gasteiger partial charge >= 0.3 is 0 Å². The molecule has 1 aliphatic heterocycles. The Hall–Kier alpha value is -0.0800. The Morgan fingerprint density at radius 2 is 1.93 bits per heavy atom. The molecule has 1 unspecified atom stereocenters. The minimum Gasteiger partial charge on any atom is -0.314 e. The van der Waals surface area contributed by atoms with Crippen molar-refractivity contribution < 1.29 is 0 Å². The second-order valence-electron chi connectivity index (χ2n) is 4.65. The highest BCUT2D eigenvalue weighted by Gasteiger charge is 2.18. The van der Waals surface area contributed by atoms with Gasteiger partial charge < -0.3 is 10.2 Å². The van der Waals surface area contributed by atoms with Crippen molar-refractivity contribution in [2.75, 3.05) is 26.2 Å². The number of nitrogens with zero attached hydrogens (tertiary/aromatic N) is 1. The highest BCUT2D eigenvalue weighted by Crippen LogP contribution is 2.13. The summed E-state index contributed by atoms with van der Waals surface area (Å²) >= 11 is 0. The van der Waals surface area contributed by atoms with Gasteiger partial charge in [0.2, 0.25) is 0 Å². The average molecular weight is 198 g/mol. The van der Waals surface area contributed by atoms with Gasteiger partial charge in [-0.3, -0.25) is 0 Å². The lowest BCUT2D eigenvalue weighted by Gasteiger charge is -2.33. The third-order valence-corrected chi connectivity index (χ3v) is 3.35. The molecule has 1 atom stereocenters. The van der Waals surface area contributed by atoms with Gasteiger partial charge in [-0.2, -0.15) is 0 Å². The van der Waals surface area contributed by atoms with Crippen LogP contribution in [0.25, 0.3) is 0 Å². The quantitative estimate of drug-likeness (QED) is 0.728. The molecule has 0 aromatic carbocycles. The summed E-state index contributed by atoms with van der Waals surface area (Å²) in [5.74, 6) is 0.866. The molecule has 2 nitrogen and oxygen atoms in total. The second kappa shape index (κ2) is 6.41. The first-order chi connectivity index (χ1) is 6.76. The maximum absolute atomic E-state index is 3.55. The van der Waals surface area contributed by atoms with Gasteiger partial charge in [0, 0.05) is 12.6 Å². The Balaban J connectivity index is 2.15. The molecule has 84 valence electrons. The summed E-state index contributed by atoms with van der Waals surface area (Å²) in [5, 5.41) is 3.55. The summed E-state index contributed by atoms with van der Waals surface area (Å²) in [6.07, 6.45) is 3.99. The number of piperidine rings is 1. The third kappa shape index (κ3) is 3.97. The summed E-state index contributed by atoms with van der Waals surface area (Å²) in [4.78, 5) is 2.63. The molecule has 1 aliphatic rings. The highest BCUT2D eigenvalue weighted by atomic mass is 15.1. The number of hydrogen-bond acceptors (Lipinski definition) is 2. The van der Waals surface area contributed by atoms with E-state index in [0.29, 0.717) is 0 Å². The molecule has 1 fully saturated rings. The first kappa shape index (κ1) is 12.0. The van der Waals surface area contributed by atoms with Gasteiger partial charge in [-0.25, -0.2) is 0 Å². The van der Waals surface area contributed by atoms with E-state index in [0.717, 1.165) is 18.5 Å². The van der Waals surface area contributed by atoms with Crippen LogP contribution in [0.15, 0.2) is 0 Å². The largest absolute Gasteiger partial charge is 0.314 e. The normalized spacial score (nSPS) is 22.5. The fourth-order valence-corrected chi connectivity index (χ4v) is 2.18. The van der Waals surface area contributed by atoms with Crippen LogP contribution in [-0.2, 0) is 0 Å². The van der Waals surface area contributed by atoms with E-state index in [4.69, 9.17) is 0 Å². The van der Waals surface area contributed by atoms with E-state index in [1.807, 2.05) is 0 Å². The van der Waals surface area contributed by atoms with Crippen molar-refractivity contribution >= 4 is 0 Å². The lowest BCUT2D eigenvalue weighted by Crippen LogP contribution is -2.43. The van der Waals surface area contributed by atoms with Gasteiger partial charge in [-0.05, 0) is 38.4 Å². The average Bonchev–Trinajstić information content (AvgIpc) is 2.21. The third-order valence-electron chi connectivity index (χ3n) is 3.35. The Morgan fingerprint density at radius 3 is 2.43 bits per heavy atom. The van der Waals surface area contributed by atoms with E-state index in [2.05, 4.69) is 31.0 Å². The van der Waals surface area contributed by atoms with Crippen LogP contribution in [0.4, 0.5) is 0 Å². The van der Waals surface area contributed by atoms with Crippen molar-refractivity contribution in [3.05, 3.63) is 0 Å². The molecular formula is C12H26N2. The van der Waals surface area contributed by atoms with Gasteiger partial charge in [0.15, 0.2) is 0 Å². The zero-order chi connectivity index (χ0) is 10.4. The van der Waals surface area contributed by atoms with Crippen LogP contribution in [0.2, 0.25) is 0 Å². The summed E-state index contributed by atoms with van der Waals surface area (Å²) in [5.41, 5.74) is 0. The predicted molar refractivity (Wildman–Crippen MR) is 62.6 cm³/mol. The second-order valence-corrected chi connectivity index (χ2v) is 4.65. The Labute approximate surface area is 89.1 Å². The molecule has 0 spiro atoms. The Bertz CT molecular complexity index is 139. The fourth-order valence-electron chi connectivity index (χ4n) is 2.18. The molecule has 0 amide bonds. The van der Waals surface area contributed by atoms with Crippen LogP contribution in [0, 0.1) is 5.92 Å². The summed E-state index contributed by atoms with van der Waals surface area (Å²) < 4.78 is 0. The fraction of sp³-hybridized carbons (Fsp3) is 1.00. The van der Waals surface area contributed by atoms with E-state index in [1.165, 1.54) is 38.9 Å². The van der Waals surface area contributed by atoms with Gasteiger partial charge in [-0.15, -0.1) is 0 Å². The number of rotatable bonds is 5. The zero-order valence-electron chi connectivity index (χ0n) is 10.1. The van der Waals surface area contributed by atoms with Crippen LogP contribution < -0.4 is 5.32 Å². The molecule has 0 saturated carbocycles. The van der Waals surface area contributed by atoms with Gasteiger partial charge in [0.25, 0.3) is 0 Å². The molecule has 1 saturated heterocycles. The Morgan fingerprint density at radius 1 is 1.29 bits per heavy atom. The maximum atomic E-state index is 3.55. The predicted octanol–water partition coefficient (Wildman–Crippen LogP) is 2.11. The van der Waals surface area contributed by atoms with Crippen molar-refractivity contribution in [1.82, 2.24) is 10.2 Å². The van der Waals surface area contributed by atoms with Crippen molar-refractivity contribution in [3.8, 4) is 0 Å². The minimum absolute atomic E-state index is 0.785. The van der Waals surface area contributed by atoms with Crippen molar-refractivity contribution in [2.24, 2.45) is 5.92 Å². The molecule has 2 heteroatoms. The molecule has 1 heterocycles. The van der Waals surface area contributed by atoms with E-state index < -0.39 is 0 Å². The monoisotopic (exact) mass is 198 g/mol. The van der Waals surface area contributed by atoms with E-state index in [9.17, 15) is 0 Å². The lowest BCUT2D eigenvalue weighted by molar-refractivity contribution is 0.175. The van der Waals surface area contributed by atoms with E-state index >= 15 is 0 Å². The van der Waals surface area contributed by atoms with Crippen molar-refractivity contribution in [1.29, 1.82) is 0 Å². The van der Waals surface area contributed by atoms with Gasteiger partial charge in [0.1, 0.15) is 0 Å². The standard InChI is InChI=1S/C12H26N2/c1-4-11(3)10-14-8-6-12(7-9-14)13-5-2/h11-13H,4-10H2,1-3H3. The van der Waals surface area contributed by atoms with Crippen molar-refractivity contribution in [2.45, 2.75) is 46.1 Å². The molecule has 0 aromatic rings. The molecule has 1 N–H and O–H groups in total. The minimum atomic E-state index is 0.785. The summed E-state index contributed by atoms with van der Waals surface area (Å²) in [6, 6.07) is 0.785. The van der Waals surface area contributed by atoms with Gasteiger partial charge in [-0.1, -0.05) is 27.2 Å². The molecule has 0 radical (unpaired) electrons. The lowest BCUT2D eigenvalue weighted by atomic mass is 10.0. The maximum Gasteiger partial charge on any atom is 0.00912 e. The summed E-state index contributed by atoms with van der Waals surface area (Å²) in [7, 11) is 0. The topological polar surface area (TPSA) is 15.3 Å². The first-order valence-corrected chi connectivity index (χ1v) is 6.22. The van der Waals surface area contributed by atoms with Crippen LogP contribution in [0.5, 0.6) is 0 Å². The van der Waals surface area contributed by atoms with E-state index in [1.54, 1.807) is 0 Å². The van der Waals surface area contributed by atoms with Crippen LogP contribution in [0.1, 0.15) is 40.0 Å². The zero-order valence-corrected chi connectivity index (χ0v) is 10.1. The Kier molecular flexibility index (Phi) is 5.49. The number of likely N-dealkylation sites (tertiary alicyclic amines) is 1. The number of nitrogens with one attached hydrogen (secondary N) is 1. The van der Waals surface area contributed by atoms with Gasteiger partial charge in [0.05, 0.1) is 0 Å². The van der Waals surface area contributed by atoms with Crippen LogP contribution >= 0.6 is 0 Å². The molecule has 0 aromatic heterocycles. The number of hydrogen-bond donors (Lipinski definition) is 1.